The van der Waals surface area contributed by atoms with E-state index in [0.717, 1.165) is 155 Å². The number of hydrogen-bond donors (Lipinski definition) is 0. The minimum atomic E-state index is 0.280. The molecule has 0 N–H and O–H groups in total. The Bertz CT molecular complexity index is 3830. The molecule has 13 heteroatoms. The lowest BCUT2D eigenvalue weighted by Gasteiger charge is -2.40. The summed E-state index contributed by atoms with van der Waals surface area (Å²) in [7, 11) is 0. The maximum Gasteiger partial charge on any atom is 0.126 e. The Morgan fingerprint density at radius 2 is 0.832 bits per heavy atom. The number of unbranched alkanes of at least 4 members (excludes halogenated alkanes) is 5. The molecule has 1 atom stereocenters. The third-order valence-electron chi connectivity index (χ3n) is 20.1. The smallest absolute Gasteiger partial charge is 0.126 e. The molecule has 4 fully saturated rings. The lowest BCUT2D eigenvalue weighted by molar-refractivity contribution is -0.150. The normalized spacial score (nSPS) is 15.1. The molecule has 0 saturated carbocycles. The fourth-order valence-electron chi connectivity index (χ4n) is 12.5. The summed E-state index contributed by atoms with van der Waals surface area (Å²) in [5.41, 5.74) is 19.9. The van der Waals surface area contributed by atoms with Crippen molar-refractivity contribution in [2.45, 2.75) is 159 Å². The number of epoxide rings is 1. The molecule has 1 unspecified atom stereocenters. The standard InChI is InChI=1S/C18H28O3.C17H26O2.C16H24O5.C16H24O2.C15H14.C9H10O.C9H10/c1-16-7-9-17(10-8-16)21-12-6-4-3-5-11-19-13-18(2)14-20-15-18;1-3-17(13-19-14-17)12-18-10-5-4-8-16-9-6-7-15(2)11-16;1-14-2-4-15(5-3-14)20-11-10-18-7-6-17-8-9-19-12-16-13-21-16;1-14-6-5-8-15(10-14)7-3-4-9-17-11-16(2)12-18-13-16;1-11-4-2-6-13(10-11)14-7-3-5-12-8-9-15(12)14;1-3-10-9-6-4-8(2)5-7-9;1-3-9-6-4-8(2)5-7-9/h7-10H,3-6,11-15H2,1-2H3;6-7,9,11H,3-5,8,10,12-14H2,1-2H3;2-5,16H,6-13H2,1H3;5-6,8,10H,3-4,7,9,11-13H2,1-2H3;2-7,10H,8-9H2,1H3;3-7H,1H2,2H3;3-7H,1H2,2H3. The molecule has 0 aromatic heterocycles. The predicted octanol–water partition coefficient (Wildman–Crippen LogP) is 21.9. The van der Waals surface area contributed by atoms with Crippen LogP contribution in [0.15, 0.2) is 207 Å². The van der Waals surface area contributed by atoms with E-state index >= 15 is 0 Å². The molecule has 8 aromatic carbocycles. The molecular weight excluding hydrogens is 1410 g/mol. The zero-order valence-corrected chi connectivity index (χ0v) is 70.4. The maximum atomic E-state index is 5.81. The highest BCUT2D eigenvalue weighted by Gasteiger charge is 2.37. The lowest BCUT2D eigenvalue weighted by atomic mass is 9.82. The van der Waals surface area contributed by atoms with Crippen molar-refractivity contribution >= 4 is 6.08 Å². The van der Waals surface area contributed by atoms with Gasteiger partial charge in [0.1, 0.15) is 30.0 Å². The van der Waals surface area contributed by atoms with E-state index in [0.29, 0.717) is 57.8 Å². The molecule has 0 spiro atoms. The van der Waals surface area contributed by atoms with Crippen molar-refractivity contribution in [3.05, 3.63) is 274 Å². The van der Waals surface area contributed by atoms with Crippen LogP contribution in [0.1, 0.15) is 145 Å². The molecule has 13 rings (SSSR count). The fraction of sp³-hybridized carbons (Fsp3) is 0.480. The van der Waals surface area contributed by atoms with E-state index in [2.05, 4.69) is 203 Å². The highest BCUT2D eigenvalue weighted by Crippen LogP contribution is 2.35. The van der Waals surface area contributed by atoms with Crippen LogP contribution in [-0.2, 0) is 73.1 Å². The van der Waals surface area contributed by atoms with E-state index in [1.165, 1.54) is 117 Å². The molecule has 8 aromatic rings. The zero-order chi connectivity index (χ0) is 80.5. The van der Waals surface area contributed by atoms with Crippen LogP contribution < -0.4 is 14.2 Å². The second kappa shape index (κ2) is 53.4. The Morgan fingerprint density at radius 1 is 0.398 bits per heavy atom. The second-order valence-electron chi connectivity index (χ2n) is 31.5. The van der Waals surface area contributed by atoms with Crippen LogP contribution >= 0.6 is 0 Å². The first-order valence-corrected chi connectivity index (χ1v) is 41.5. The van der Waals surface area contributed by atoms with E-state index in [9.17, 15) is 0 Å². The summed E-state index contributed by atoms with van der Waals surface area (Å²) in [6.45, 7) is 44.6. The molecule has 4 saturated heterocycles. The average Bonchev–Trinajstić information content (AvgIpc) is 1.37. The van der Waals surface area contributed by atoms with Gasteiger partial charge in [0.25, 0.3) is 0 Å². The van der Waals surface area contributed by atoms with Crippen LogP contribution in [0.4, 0.5) is 0 Å². The number of aryl methyl sites for hydroxylation is 10. The molecule has 5 aliphatic rings. The summed E-state index contributed by atoms with van der Waals surface area (Å²) < 4.78 is 70.4. The van der Waals surface area contributed by atoms with Gasteiger partial charge >= 0.3 is 0 Å². The quantitative estimate of drug-likeness (QED) is 0.0205. The minimum absolute atomic E-state index is 0.280. The van der Waals surface area contributed by atoms with Crippen LogP contribution in [0.25, 0.3) is 17.2 Å². The van der Waals surface area contributed by atoms with Gasteiger partial charge < -0.3 is 61.6 Å². The van der Waals surface area contributed by atoms with Crippen LogP contribution in [0, 0.1) is 64.7 Å². The Hall–Kier alpha value is -7.76. The predicted molar refractivity (Wildman–Crippen MR) is 463 cm³/mol. The van der Waals surface area contributed by atoms with Crippen molar-refractivity contribution in [3.8, 4) is 28.4 Å². The lowest BCUT2D eigenvalue weighted by Crippen LogP contribution is -2.45. The molecule has 4 heterocycles. The van der Waals surface area contributed by atoms with Gasteiger partial charge in [0, 0.05) is 36.1 Å². The third kappa shape index (κ3) is 39.0. The van der Waals surface area contributed by atoms with E-state index in [4.69, 9.17) is 61.6 Å². The first-order chi connectivity index (χ1) is 54.9. The van der Waals surface area contributed by atoms with Gasteiger partial charge in [-0.25, -0.2) is 0 Å². The Kier molecular flexibility index (Phi) is 43.7. The second-order valence-corrected chi connectivity index (χ2v) is 31.5. The SMILES string of the molecule is C=COc1ccc(C)cc1.C=Cc1ccc(C)cc1.CCC1(COCCCCc2cccc(C)c2)COC1.Cc1ccc(OCCCCCCOCC2(C)COC2)cc1.Cc1ccc(OCCOCCOCCOCC2CO2)cc1.Cc1cccc(-c2cccc3c2CC3)c1.Cc1cccc(CCCCOCC2(C)COC2)c1. The van der Waals surface area contributed by atoms with Gasteiger partial charge in [-0.1, -0.05) is 237 Å². The van der Waals surface area contributed by atoms with Crippen LogP contribution in [0.3, 0.4) is 0 Å². The summed E-state index contributed by atoms with van der Waals surface area (Å²) in [5.74, 6) is 2.68. The van der Waals surface area contributed by atoms with E-state index in [1.807, 2.05) is 73.7 Å². The average molecular weight is 1550 g/mol. The van der Waals surface area contributed by atoms with E-state index in [1.54, 1.807) is 5.56 Å². The molecule has 113 heavy (non-hydrogen) atoms. The van der Waals surface area contributed by atoms with Crippen LogP contribution in [0.2, 0.25) is 0 Å². The van der Waals surface area contributed by atoms with Gasteiger partial charge in [-0.3, -0.25) is 0 Å². The number of rotatable bonds is 41. The highest BCUT2D eigenvalue weighted by molar-refractivity contribution is 5.71. The van der Waals surface area contributed by atoms with Gasteiger partial charge in [0.05, 0.1) is 119 Å². The highest BCUT2D eigenvalue weighted by atomic mass is 16.6. The van der Waals surface area contributed by atoms with E-state index in [-0.39, 0.29) is 10.8 Å². The van der Waals surface area contributed by atoms with Crippen molar-refractivity contribution in [1.82, 2.24) is 0 Å². The van der Waals surface area contributed by atoms with Crippen molar-refractivity contribution in [2.75, 3.05) is 139 Å². The van der Waals surface area contributed by atoms with Crippen molar-refractivity contribution < 1.29 is 61.6 Å². The maximum absolute atomic E-state index is 5.81. The molecule has 1 aliphatic carbocycles. The monoisotopic (exact) mass is 1540 g/mol. The summed E-state index contributed by atoms with van der Waals surface area (Å²) in [4.78, 5) is 0. The van der Waals surface area contributed by atoms with Crippen molar-refractivity contribution in [3.63, 3.8) is 0 Å². The summed E-state index contributed by atoms with van der Waals surface area (Å²) >= 11 is 0. The van der Waals surface area contributed by atoms with Crippen LogP contribution in [0.5, 0.6) is 17.2 Å². The van der Waals surface area contributed by atoms with Gasteiger partial charge in [-0.15, -0.1) is 0 Å². The Balaban J connectivity index is 0.000000186. The minimum Gasteiger partial charge on any atom is -0.494 e. The van der Waals surface area contributed by atoms with E-state index < -0.39 is 0 Å². The van der Waals surface area contributed by atoms with Crippen molar-refractivity contribution in [2.24, 2.45) is 16.2 Å². The van der Waals surface area contributed by atoms with Gasteiger partial charge in [-0.05, 0) is 201 Å². The van der Waals surface area contributed by atoms with Gasteiger partial charge in [0.2, 0.25) is 0 Å². The van der Waals surface area contributed by atoms with Crippen molar-refractivity contribution in [1.29, 1.82) is 0 Å². The topological polar surface area (TPSA) is 123 Å². The first kappa shape index (κ1) is 92.4. The number of ether oxygens (including phenoxy) is 13. The first-order valence-electron chi connectivity index (χ1n) is 41.5. The molecular formula is C100H136O13. The summed E-state index contributed by atoms with van der Waals surface area (Å²) in [6.07, 6.45) is 18.9. The number of hydrogen-bond acceptors (Lipinski definition) is 13. The fourth-order valence-corrected chi connectivity index (χ4v) is 12.5. The molecule has 614 valence electrons. The van der Waals surface area contributed by atoms with Gasteiger partial charge in [0.15, 0.2) is 0 Å². The summed E-state index contributed by atoms with van der Waals surface area (Å²) in [6, 6.07) is 65.3. The van der Waals surface area contributed by atoms with Gasteiger partial charge in [-0.2, -0.15) is 0 Å². The third-order valence-corrected chi connectivity index (χ3v) is 20.1. The molecule has 4 aliphatic heterocycles. The molecule has 0 bridgehead atoms. The number of benzene rings is 8. The number of fused-ring (bicyclic) bond motifs is 1. The Morgan fingerprint density at radius 3 is 1.27 bits per heavy atom. The van der Waals surface area contributed by atoms with Crippen LogP contribution in [-0.4, -0.2) is 145 Å². The largest absolute Gasteiger partial charge is 0.494 e. The summed E-state index contributed by atoms with van der Waals surface area (Å²) in [5, 5.41) is 0. The molecule has 0 radical (unpaired) electrons. The molecule has 13 nitrogen and oxygen atoms in total. The molecule has 0 amide bonds. The zero-order valence-electron chi connectivity index (χ0n) is 70.4. The Labute approximate surface area is 680 Å².